The Kier molecular flexibility index (Phi) is 4.86. The maximum Gasteiger partial charge on any atom is 0.320 e. The van der Waals surface area contributed by atoms with Crippen LogP contribution in [0.2, 0.25) is 0 Å². The van der Waals surface area contributed by atoms with Gasteiger partial charge in [-0.2, -0.15) is 5.10 Å². The predicted molar refractivity (Wildman–Crippen MR) is 92.6 cm³/mol. The third-order valence-corrected chi connectivity index (χ3v) is 3.58. The molecule has 2 aromatic heterocycles. The number of aromatic nitrogens is 3. The molecule has 1 aromatic carbocycles. The summed E-state index contributed by atoms with van der Waals surface area (Å²) < 4.78 is 1.86. The lowest BCUT2D eigenvalue weighted by molar-refractivity contribution is 0.251. The summed E-state index contributed by atoms with van der Waals surface area (Å²) in [5.74, 6) is 0.539. The van der Waals surface area contributed by atoms with E-state index in [2.05, 4.69) is 20.7 Å². The zero-order valence-electron chi connectivity index (χ0n) is 13.4. The summed E-state index contributed by atoms with van der Waals surface area (Å²) in [7, 11) is 0. The highest BCUT2D eigenvalue weighted by atomic mass is 16.2. The topological polar surface area (TPSA) is 71.8 Å². The summed E-state index contributed by atoms with van der Waals surface area (Å²) in [5, 5.41) is 9.83. The number of hydrogen-bond donors (Lipinski definition) is 2. The maximum absolute atomic E-state index is 12.0. The Bertz CT molecular complexity index is 814. The van der Waals surface area contributed by atoms with Crippen molar-refractivity contribution in [1.82, 2.24) is 20.1 Å². The van der Waals surface area contributed by atoms with Gasteiger partial charge in [0.1, 0.15) is 5.82 Å². The highest BCUT2D eigenvalue weighted by molar-refractivity contribution is 5.88. The molecule has 0 fully saturated rings. The molecule has 24 heavy (non-hydrogen) atoms. The number of hydrogen-bond acceptors (Lipinski definition) is 3. The van der Waals surface area contributed by atoms with E-state index in [0.29, 0.717) is 18.9 Å². The van der Waals surface area contributed by atoms with E-state index < -0.39 is 0 Å². The molecule has 6 nitrogen and oxygen atoms in total. The van der Waals surface area contributed by atoms with Crippen LogP contribution in [0.15, 0.2) is 60.9 Å². The van der Waals surface area contributed by atoms with Gasteiger partial charge in [-0.3, -0.25) is 10.00 Å². The molecule has 122 valence electrons. The van der Waals surface area contributed by atoms with Gasteiger partial charge in [-0.15, -0.1) is 0 Å². The fourth-order valence-corrected chi connectivity index (χ4v) is 2.40. The molecular formula is C18H19N5O. The fraction of sp³-hybridized carbons (Fsp3) is 0.167. The van der Waals surface area contributed by atoms with Crippen molar-refractivity contribution >= 4 is 11.8 Å². The van der Waals surface area contributed by atoms with Crippen molar-refractivity contribution in [3.05, 3.63) is 77.7 Å². The number of carbonyl (C=O) groups excluding carboxylic acids is 1. The second kappa shape index (κ2) is 7.41. The van der Waals surface area contributed by atoms with Crippen LogP contribution in [0, 0.1) is 6.92 Å². The van der Waals surface area contributed by atoms with Crippen LogP contribution in [-0.4, -0.2) is 20.8 Å². The van der Waals surface area contributed by atoms with Crippen LogP contribution < -0.4 is 10.6 Å². The highest BCUT2D eigenvalue weighted by Gasteiger charge is 2.06. The van der Waals surface area contributed by atoms with Crippen LogP contribution in [0.25, 0.3) is 0 Å². The molecule has 0 spiro atoms. The predicted octanol–water partition coefficient (Wildman–Crippen LogP) is 2.96. The lowest BCUT2D eigenvalue weighted by Crippen LogP contribution is -2.29. The minimum atomic E-state index is -0.276. The van der Waals surface area contributed by atoms with Crippen LogP contribution in [0.1, 0.15) is 16.8 Å². The molecular weight excluding hydrogens is 302 g/mol. The zero-order valence-corrected chi connectivity index (χ0v) is 13.4. The van der Waals surface area contributed by atoms with Crippen LogP contribution in [0.3, 0.4) is 0 Å². The molecule has 2 heterocycles. The third kappa shape index (κ3) is 4.19. The van der Waals surface area contributed by atoms with Crippen LogP contribution >= 0.6 is 0 Å². The number of nitrogens with one attached hydrogen (secondary N) is 2. The molecule has 0 saturated heterocycles. The molecule has 3 rings (SSSR count). The van der Waals surface area contributed by atoms with Crippen molar-refractivity contribution in [2.45, 2.75) is 20.0 Å². The number of anilines is 1. The van der Waals surface area contributed by atoms with E-state index in [4.69, 9.17) is 0 Å². The van der Waals surface area contributed by atoms with Crippen LogP contribution in [0.5, 0.6) is 0 Å². The average Bonchev–Trinajstić information content (AvgIpc) is 3.07. The SMILES string of the molecule is Cc1cccc(NC(=O)NCc2ccccc2Cn2cccn2)n1. The van der Waals surface area contributed by atoms with E-state index in [-0.39, 0.29) is 6.03 Å². The van der Waals surface area contributed by atoms with E-state index in [1.807, 2.05) is 60.3 Å². The Hall–Kier alpha value is -3.15. The summed E-state index contributed by atoms with van der Waals surface area (Å²) in [4.78, 5) is 16.3. The van der Waals surface area contributed by atoms with Crippen LogP contribution in [0.4, 0.5) is 10.6 Å². The molecule has 0 radical (unpaired) electrons. The number of benzene rings is 1. The quantitative estimate of drug-likeness (QED) is 0.759. The molecule has 0 saturated carbocycles. The van der Waals surface area contributed by atoms with Gasteiger partial charge in [0, 0.05) is 24.6 Å². The van der Waals surface area contributed by atoms with E-state index >= 15 is 0 Å². The number of carbonyl (C=O) groups is 1. The molecule has 0 unspecified atom stereocenters. The molecule has 6 heteroatoms. The first-order valence-corrected chi connectivity index (χ1v) is 7.73. The van der Waals surface area contributed by atoms with Gasteiger partial charge < -0.3 is 5.32 Å². The Morgan fingerprint density at radius 2 is 1.92 bits per heavy atom. The van der Waals surface area contributed by atoms with E-state index in [0.717, 1.165) is 16.8 Å². The number of nitrogens with zero attached hydrogens (tertiary/aromatic N) is 3. The van der Waals surface area contributed by atoms with Crippen molar-refractivity contribution in [2.24, 2.45) is 0 Å². The molecule has 0 bridgehead atoms. The van der Waals surface area contributed by atoms with Crippen molar-refractivity contribution in [3.63, 3.8) is 0 Å². The minimum absolute atomic E-state index is 0.276. The van der Waals surface area contributed by atoms with Gasteiger partial charge in [0.15, 0.2) is 0 Å². The number of aryl methyl sites for hydroxylation is 1. The minimum Gasteiger partial charge on any atom is -0.334 e. The molecule has 0 atom stereocenters. The molecule has 0 aliphatic heterocycles. The van der Waals surface area contributed by atoms with Gasteiger partial charge in [0.05, 0.1) is 6.54 Å². The summed E-state index contributed by atoms with van der Waals surface area (Å²) in [5.41, 5.74) is 3.04. The van der Waals surface area contributed by atoms with E-state index in [9.17, 15) is 4.79 Å². The van der Waals surface area contributed by atoms with Gasteiger partial charge in [0.2, 0.25) is 0 Å². The second-order valence-corrected chi connectivity index (χ2v) is 5.44. The number of rotatable bonds is 5. The first-order valence-electron chi connectivity index (χ1n) is 7.73. The summed E-state index contributed by atoms with van der Waals surface area (Å²) >= 11 is 0. The van der Waals surface area contributed by atoms with Crippen molar-refractivity contribution in [3.8, 4) is 0 Å². The molecule has 0 aliphatic carbocycles. The Morgan fingerprint density at radius 3 is 2.67 bits per heavy atom. The van der Waals surface area contributed by atoms with Gasteiger partial charge in [-0.25, -0.2) is 9.78 Å². The smallest absolute Gasteiger partial charge is 0.320 e. The van der Waals surface area contributed by atoms with Crippen LogP contribution in [-0.2, 0) is 13.1 Å². The number of pyridine rings is 1. The van der Waals surface area contributed by atoms with Gasteiger partial charge in [0.25, 0.3) is 0 Å². The first kappa shape index (κ1) is 15.7. The summed E-state index contributed by atoms with van der Waals surface area (Å²) in [6, 6.07) is 15.1. The van der Waals surface area contributed by atoms with Crippen molar-refractivity contribution in [1.29, 1.82) is 0 Å². The Labute approximate surface area is 140 Å². The summed E-state index contributed by atoms with van der Waals surface area (Å²) in [6.07, 6.45) is 3.67. The second-order valence-electron chi connectivity index (χ2n) is 5.44. The zero-order chi connectivity index (χ0) is 16.8. The largest absolute Gasteiger partial charge is 0.334 e. The highest BCUT2D eigenvalue weighted by Crippen LogP contribution is 2.10. The Morgan fingerprint density at radius 1 is 1.08 bits per heavy atom. The standard InChI is InChI=1S/C18H19N5O/c1-14-6-4-9-17(21-14)22-18(24)19-12-15-7-2-3-8-16(15)13-23-11-5-10-20-23/h2-11H,12-13H2,1H3,(H2,19,21,22,24). The van der Waals surface area contributed by atoms with Crippen molar-refractivity contribution in [2.75, 3.05) is 5.32 Å². The third-order valence-electron chi connectivity index (χ3n) is 3.58. The van der Waals surface area contributed by atoms with E-state index in [1.54, 1.807) is 12.3 Å². The molecule has 0 aliphatic rings. The first-order chi connectivity index (χ1) is 11.7. The monoisotopic (exact) mass is 321 g/mol. The lowest BCUT2D eigenvalue weighted by atomic mass is 10.1. The van der Waals surface area contributed by atoms with Gasteiger partial charge >= 0.3 is 6.03 Å². The van der Waals surface area contributed by atoms with E-state index in [1.165, 1.54) is 0 Å². The lowest BCUT2D eigenvalue weighted by Gasteiger charge is -2.11. The normalized spacial score (nSPS) is 10.4. The number of urea groups is 1. The Balaban J connectivity index is 1.61. The fourth-order valence-electron chi connectivity index (χ4n) is 2.40. The van der Waals surface area contributed by atoms with Crippen molar-refractivity contribution < 1.29 is 4.79 Å². The molecule has 2 N–H and O–H groups in total. The summed E-state index contributed by atoms with van der Waals surface area (Å²) in [6.45, 7) is 3.00. The molecule has 3 aromatic rings. The van der Waals surface area contributed by atoms with Gasteiger partial charge in [-0.05, 0) is 36.2 Å². The average molecular weight is 321 g/mol. The molecule has 2 amide bonds. The number of amides is 2. The maximum atomic E-state index is 12.0. The van der Waals surface area contributed by atoms with Gasteiger partial charge in [-0.1, -0.05) is 30.3 Å².